The van der Waals surface area contributed by atoms with Gasteiger partial charge >= 0.3 is 0 Å². The maximum atomic E-state index is 13.4. The molecule has 0 radical (unpaired) electrons. The maximum Gasteiger partial charge on any atom is 0.251 e. The van der Waals surface area contributed by atoms with Crippen LogP contribution in [0.3, 0.4) is 0 Å². The normalized spacial score (nSPS) is 22.1. The number of hydrogen-bond donors (Lipinski definition) is 2. The van der Waals surface area contributed by atoms with Crippen molar-refractivity contribution in [2.24, 2.45) is 11.8 Å². The first-order valence-electron chi connectivity index (χ1n) is 13.1. The molecule has 2 N–H and O–H groups in total. The molecular formula is C29H38N4O2. The van der Waals surface area contributed by atoms with Crippen molar-refractivity contribution in [3.8, 4) is 6.07 Å². The second-order valence-corrected chi connectivity index (χ2v) is 10.9. The summed E-state index contributed by atoms with van der Waals surface area (Å²) in [6.07, 6.45) is 7.59. The minimum absolute atomic E-state index is 0.215. The SMILES string of the molecule is CC(C)CC(NC(=O)c1ccc2ccccc2c1)C(=O)NC1(C#N)CCN(CC2CCCCC2)C1. The Morgan fingerprint density at radius 2 is 1.86 bits per heavy atom. The molecule has 2 amide bonds. The molecule has 1 heterocycles. The van der Waals surface area contributed by atoms with E-state index in [4.69, 9.17) is 0 Å². The molecule has 4 rings (SSSR count). The monoisotopic (exact) mass is 474 g/mol. The lowest BCUT2D eigenvalue weighted by Crippen LogP contribution is -2.56. The van der Waals surface area contributed by atoms with Crippen molar-refractivity contribution in [1.82, 2.24) is 15.5 Å². The third-order valence-corrected chi connectivity index (χ3v) is 7.51. The molecule has 35 heavy (non-hydrogen) atoms. The van der Waals surface area contributed by atoms with E-state index < -0.39 is 11.6 Å². The summed E-state index contributed by atoms with van der Waals surface area (Å²) in [7, 11) is 0. The summed E-state index contributed by atoms with van der Waals surface area (Å²) in [5.41, 5.74) is -0.367. The van der Waals surface area contributed by atoms with Gasteiger partial charge in [0.2, 0.25) is 5.91 Å². The van der Waals surface area contributed by atoms with E-state index in [9.17, 15) is 14.9 Å². The maximum absolute atomic E-state index is 13.4. The number of amides is 2. The molecule has 1 saturated carbocycles. The van der Waals surface area contributed by atoms with E-state index in [-0.39, 0.29) is 17.7 Å². The van der Waals surface area contributed by atoms with Crippen molar-refractivity contribution in [3.63, 3.8) is 0 Å². The van der Waals surface area contributed by atoms with Gasteiger partial charge in [-0.3, -0.25) is 14.5 Å². The Balaban J connectivity index is 1.41. The highest BCUT2D eigenvalue weighted by Gasteiger charge is 2.41. The Kier molecular flexibility index (Phi) is 8.07. The molecule has 1 aliphatic heterocycles. The van der Waals surface area contributed by atoms with Gasteiger partial charge in [-0.1, -0.05) is 63.4 Å². The van der Waals surface area contributed by atoms with Gasteiger partial charge in [-0.2, -0.15) is 5.26 Å². The van der Waals surface area contributed by atoms with Crippen molar-refractivity contribution in [2.75, 3.05) is 19.6 Å². The van der Waals surface area contributed by atoms with Crippen LogP contribution in [-0.2, 0) is 4.79 Å². The lowest BCUT2D eigenvalue weighted by molar-refractivity contribution is -0.124. The molecular weight excluding hydrogens is 436 g/mol. The van der Waals surface area contributed by atoms with E-state index in [0.29, 0.717) is 30.9 Å². The number of nitrogens with zero attached hydrogens (tertiary/aromatic N) is 2. The molecule has 2 aromatic rings. The molecule has 2 aromatic carbocycles. The highest BCUT2D eigenvalue weighted by molar-refractivity contribution is 6.00. The Bertz CT molecular complexity index is 1090. The number of nitriles is 1. The summed E-state index contributed by atoms with van der Waals surface area (Å²) < 4.78 is 0. The summed E-state index contributed by atoms with van der Waals surface area (Å²) in [4.78, 5) is 28.8. The zero-order chi connectivity index (χ0) is 24.8. The number of benzene rings is 2. The van der Waals surface area contributed by atoms with Crippen LogP contribution >= 0.6 is 0 Å². The zero-order valence-electron chi connectivity index (χ0n) is 21.1. The topological polar surface area (TPSA) is 85.2 Å². The lowest BCUT2D eigenvalue weighted by atomic mass is 9.89. The fourth-order valence-electron chi connectivity index (χ4n) is 5.60. The van der Waals surface area contributed by atoms with E-state index in [1.165, 1.54) is 32.1 Å². The third-order valence-electron chi connectivity index (χ3n) is 7.51. The van der Waals surface area contributed by atoms with E-state index in [1.807, 2.05) is 50.2 Å². The minimum Gasteiger partial charge on any atom is -0.340 e. The van der Waals surface area contributed by atoms with Crippen LogP contribution in [0.25, 0.3) is 10.8 Å². The van der Waals surface area contributed by atoms with Crippen LogP contribution in [0.5, 0.6) is 0 Å². The smallest absolute Gasteiger partial charge is 0.251 e. The van der Waals surface area contributed by atoms with Gasteiger partial charge in [-0.25, -0.2) is 0 Å². The number of carbonyl (C=O) groups is 2. The van der Waals surface area contributed by atoms with Gasteiger partial charge in [-0.05, 0) is 60.4 Å². The fourth-order valence-corrected chi connectivity index (χ4v) is 5.60. The molecule has 6 nitrogen and oxygen atoms in total. The quantitative estimate of drug-likeness (QED) is 0.583. The average Bonchev–Trinajstić information content (AvgIpc) is 3.26. The number of likely N-dealkylation sites (tertiary alicyclic amines) is 1. The molecule has 0 aromatic heterocycles. The molecule has 1 aliphatic carbocycles. The van der Waals surface area contributed by atoms with Gasteiger partial charge in [0.15, 0.2) is 0 Å². The lowest BCUT2D eigenvalue weighted by Gasteiger charge is -2.29. The van der Waals surface area contributed by atoms with Crippen molar-refractivity contribution in [3.05, 3.63) is 48.0 Å². The van der Waals surface area contributed by atoms with E-state index in [1.54, 1.807) is 6.07 Å². The van der Waals surface area contributed by atoms with Gasteiger partial charge in [0.1, 0.15) is 11.6 Å². The Hall–Kier alpha value is -2.91. The van der Waals surface area contributed by atoms with Crippen molar-refractivity contribution in [2.45, 2.75) is 70.4 Å². The first kappa shape index (κ1) is 25.2. The van der Waals surface area contributed by atoms with Crippen molar-refractivity contribution < 1.29 is 9.59 Å². The van der Waals surface area contributed by atoms with Gasteiger partial charge < -0.3 is 10.6 Å². The fraction of sp³-hybridized carbons (Fsp3) is 0.552. The molecule has 2 aliphatic rings. The molecule has 1 saturated heterocycles. The molecule has 2 fully saturated rings. The van der Waals surface area contributed by atoms with Crippen LogP contribution in [0.15, 0.2) is 42.5 Å². The average molecular weight is 475 g/mol. The predicted molar refractivity (Wildman–Crippen MR) is 139 cm³/mol. The summed E-state index contributed by atoms with van der Waals surface area (Å²) in [6, 6.07) is 15.2. The largest absolute Gasteiger partial charge is 0.340 e. The second kappa shape index (κ2) is 11.2. The van der Waals surface area contributed by atoms with Gasteiger partial charge in [0, 0.05) is 25.2 Å². The Morgan fingerprint density at radius 3 is 2.57 bits per heavy atom. The highest BCUT2D eigenvalue weighted by atomic mass is 16.2. The van der Waals surface area contributed by atoms with E-state index >= 15 is 0 Å². The highest BCUT2D eigenvalue weighted by Crippen LogP contribution is 2.28. The van der Waals surface area contributed by atoms with E-state index in [2.05, 4.69) is 21.6 Å². The van der Waals surface area contributed by atoms with E-state index in [0.717, 1.165) is 23.9 Å². The zero-order valence-corrected chi connectivity index (χ0v) is 21.1. The number of fused-ring (bicyclic) bond motifs is 1. The molecule has 2 atom stereocenters. The standard InChI is InChI=1S/C29H38N4O2/c1-21(2)16-26(31-27(34)25-13-12-23-10-6-7-11-24(23)17-25)28(35)32-29(19-30)14-15-33(20-29)18-22-8-4-3-5-9-22/h6-7,10-13,17,21-22,26H,3-5,8-9,14-16,18,20H2,1-2H3,(H,31,34)(H,32,35). The first-order valence-corrected chi connectivity index (χ1v) is 13.1. The Labute approximate surface area is 209 Å². The molecule has 186 valence electrons. The van der Waals surface area contributed by atoms with Crippen LogP contribution in [0.4, 0.5) is 0 Å². The summed E-state index contributed by atoms with van der Waals surface area (Å²) in [5.74, 6) is 0.373. The molecule has 6 heteroatoms. The number of nitrogens with one attached hydrogen (secondary N) is 2. The molecule has 0 bridgehead atoms. The number of carbonyl (C=O) groups excluding carboxylic acids is 2. The number of hydrogen-bond acceptors (Lipinski definition) is 4. The van der Waals surface area contributed by atoms with Crippen LogP contribution in [0.1, 0.15) is 69.2 Å². The van der Waals surface area contributed by atoms with Crippen LogP contribution in [0, 0.1) is 23.2 Å². The number of rotatable bonds is 8. The van der Waals surface area contributed by atoms with Gasteiger partial charge in [0.05, 0.1) is 6.07 Å². The van der Waals surface area contributed by atoms with Crippen LogP contribution < -0.4 is 10.6 Å². The molecule has 2 unspecified atom stereocenters. The van der Waals surface area contributed by atoms with Gasteiger partial charge in [-0.15, -0.1) is 0 Å². The minimum atomic E-state index is -0.894. The van der Waals surface area contributed by atoms with Crippen LogP contribution in [0.2, 0.25) is 0 Å². The summed E-state index contributed by atoms with van der Waals surface area (Å²) in [6.45, 7) is 6.45. The van der Waals surface area contributed by atoms with Crippen LogP contribution in [-0.4, -0.2) is 47.9 Å². The second-order valence-electron chi connectivity index (χ2n) is 10.9. The van der Waals surface area contributed by atoms with Crippen molar-refractivity contribution >= 4 is 22.6 Å². The van der Waals surface area contributed by atoms with Gasteiger partial charge in [0.25, 0.3) is 5.91 Å². The summed E-state index contributed by atoms with van der Waals surface area (Å²) in [5, 5.41) is 18.1. The first-order chi connectivity index (χ1) is 16.9. The third kappa shape index (κ3) is 6.41. The molecule has 0 spiro atoms. The predicted octanol–water partition coefficient (Wildman–Crippen LogP) is 4.65. The summed E-state index contributed by atoms with van der Waals surface area (Å²) >= 11 is 0. The Morgan fingerprint density at radius 1 is 1.11 bits per heavy atom. The van der Waals surface area contributed by atoms with Crippen molar-refractivity contribution in [1.29, 1.82) is 5.26 Å².